The molecule has 0 aliphatic carbocycles. The first-order chi connectivity index (χ1) is 12.7. The predicted octanol–water partition coefficient (Wildman–Crippen LogP) is 3.05. The Balaban J connectivity index is 1.70. The van der Waals surface area contributed by atoms with Crippen molar-refractivity contribution in [2.45, 2.75) is 12.3 Å². The molecule has 6 nitrogen and oxygen atoms in total. The topological polar surface area (TPSA) is 86.5 Å². The number of carbonyl (C=O) groups excluding carboxylic acids is 1. The van der Waals surface area contributed by atoms with Gasteiger partial charge >= 0.3 is 0 Å². The van der Waals surface area contributed by atoms with Crippen LogP contribution in [0.25, 0.3) is 11.3 Å². The quantitative estimate of drug-likeness (QED) is 0.411. The normalized spacial score (nSPS) is 13.4. The molecule has 0 bridgehead atoms. The number of amides is 1. The summed E-state index contributed by atoms with van der Waals surface area (Å²) < 4.78 is 10.8. The van der Waals surface area contributed by atoms with Crippen molar-refractivity contribution >= 4 is 17.2 Å². The summed E-state index contributed by atoms with van der Waals surface area (Å²) in [6, 6.07) is 15.7. The Labute approximate surface area is 154 Å². The molecule has 1 atom stereocenters. The molecule has 0 fully saturated rings. The summed E-state index contributed by atoms with van der Waals surface area (Å²) in [7, 11) is 0. The van der Waals surface area contributed by atoms with Crippen LogP contribution in [0.2, 0.25) is 0 Å². The van der Waals surface area contributed by atoms with E-state index in [0.29, 0.717) is 11.5 Å². The van der Waals surface area contributed by atoms with Crippen molar-refractivity contribution in [3.8, 4) is 22.8 Å². The molecule has 1 amide bonds. The average molecular weight is 367 g/mol. The highest BCUT2D eigenvalue weighted by Gasteiger charge is 2.24. The number of hydrogen-bond donors (Lipinski definition) is 2. The van der Waals surface area contributed by atoms with E-state index in [0.717, 1.165) is 21.8 Å². The summed E-state index contributed by atoms with van der Waals surface area (Å²) in [5.74, 6) is 6.23. The van der Waals surface area contributed by atoms with Gasteiger partial charge in [0.2, 0.25) is 12.7 Å². The fraction of sp³-hybridized carbons (Fsp3) is 0.158. The Kier molecular flexibility index (Phi) is 4.55. The van der Waals surface area contributed by atoms with E-state index in [2.05, 4.69) is 5.43 Å². The summed E-state index contributed by atoms with van der Waals surface area (Å²) >= 11 is 1.53. The number of nitrogens with one attached hydrogen (secondary N) is 1. The lowest BCUT2D eigenvalue weighted by molar-refractivity contribution is -0.121. The van der Waals surface area contributed by atoms with E-state index < -0.39 is 0 Å². The van der Waals surface area contributed by atoms with Crippen molar-refractivity contribution < 1.29 is 14.3 Å². The standard InChI is InChI=1S/C19H17N3O3S/c20-22-18(23)9-14(13-6-7-16-17(8-13)25-11-24-16)19-21-15(10-26-19)12-4-2-1-3-5-12/h1-8,10,14H,9,11,20H2,(H,22,23). The van der Waals surface area contributed by atoms with Crippen LogP contribution in [-0.2, 0) is 4.79 Å². The number of carbonyl (C=O) groups is 1. The van der Waals surface area contributed by atoms with Crippen LogP contribution in [-0.4, -0.2) is 17.7 Å². The third kappa shape index (κ3) is 3.26. The molecule has 0 saturated carbocycles. The van der Waals surface area contributed by atoms with Crippen molar-refractivity contribution in [3.05, 3.63) is 64.5 Å². The van der Waals surface area contributed by atoms with Gasteiger partial charge < -0.3 is 9.47 Å². The minimum absolute atomic E-state index is 0.206. The molecule has 1 aromatic heterocycles. The number of benzene rings is 2. The van der Waals surface area contributed by atoms with Crippen LogP contribution in [0.15, 0.2) is 53.9 Å². The third-order valence-corrected chi connectivity index (χ3v) is 5.20. The minimum atomic E-state index is -0.246. The Hall–Kier alpha value is -2.90. The fourth-order valence-corrected chi connectivity index (χ4v) is 3.87. The SMILES string of the molecule is NNC(=O)CC(c1ccc2c(c1)OCO2)c1nc(-c2ccccc2)cs1. The number of ether oxygens (including phenoxy) is 2. The van der Waals surface area contributed by atoms with Crippen molar-refractivity contribution in [3.63, 3.8) is 0 Å². The van der Waals surface area contributed by atoms with Gasteiger partial charge in [-0.15, -0.1) is 11.3 Å². The van der Waals surface area contributed by atoms with E-state index in [4.69, 9.17) is 20.3 Å². The van der Waals surface area contributed by atoms with Crippen molar-refractivity contribution in [1.29, 1.82) is 0 Å². The number of fused-ring (bicyclic) bond motifs is 1. The number of hydrazine groups is 1. The first kappa shape index (κ1) is 16.6. The summed E-state index contributed by atoms with van der Waals surface area (Å²) in [5.41, 5.74) is 5.08. The van der Waals surface area contributed by atoms with Gasteiger partial charge in [0, 0.05) is 23.3 Å². The second-order valence-electron chi connectivity index (χ2n) is 5.87. The Morgan fingerprint density at radius 1 is 1.19 bits per heavy atom. The average Bonchev–Trinajstić information content (AvgIpc) is 3.35. The van der Waals surface area contributed by atoms with Gasteiger partial charge in [0.15, 0.2) is 11.5 Å². The van der Waals surface area contributed by atoms with Crippen LogP contribution >= 0.6 is 11.3 Å². The van der Waals surface area contributed by atoms with Crippen molar-refractivity contribution in [1.82, 2.24) is 10.4 Å². The highest BCUT2D eigenvalue weighted by Crippen LogP contribution is 2.39. The second-order valence-corrected chi connectivity index (χ2v) is 6.76. The van der Waals surface area contributed by atoms with Crippen molar-refractivity contribution in [2.24, 2.45) is 5.84 Å². The maximum absolute atomic E-state index is 12.0. The lowest BCUT2D eigenvalue weighted by Crippen LogP contribution is -2.31. The number of thiazole rings is 1. The number of aromatic nitrogens is 1. The lowest BCUT2D eigenvalue weighted by Gasteiger charge is -2.14. The summed E-state index contributed by atoms with van der Waals surface area (Å²) in [6.07, 6.45) is 0.206. The number of rotatable bonds is 5. The number of nitrogens with zero attached hydrogens (tertiary/aromatic N) is 1. The van der Waals surface area contributed by atoms with Gasteiger partial charge in [0.25, 0.3) is 0 Å². The monoisotopic (exact) mass is 367 g/mol. The van der Waals surface area contributed by atoms with Crippen LogP contribution in [0.4, 0.5) is 0 Å². The molecular formula is C19H17N3O3S. The maximum Gasteiger partial charge on any atom is 0.234 e. The highest BCUT2D eigenvalue weighted by molar-refractivity contribution is 7.10. The highest BCUT2D eigenvalue weighted by atomic mass is 32.1. The maximum atomic E-state index is 12.0. The lowest BCUT2D eigenvalue weighted by atomic mass is 9.95. The van der Waals surface area contributed by atoms with E-state index in [9.17, 15) is 4.79 Å². The van der Waals surface area contributed by atoms with E-state index in [1.54, 1.807) is 0 Å². The Morgan fingerprint density at radius 3 is 2.81 bits per heavy atom. The van der Waals surface area contributed by atoms with Crippen LogP contribution in [0, 0.1) is 0 Å². The number of nitrogens with two attached hydrogens (primary N) is 1. The van der Waals surface area contributed by atoms with Gasteiger partial charge in [0.1, 0.15) is 5.01 Å². The molecule has 0 spiro atoms. The Bertz CT molecular complexity index is 927. The molecule has 1 unspecified atom stereocenters. The first-order valence-electron chi connectivity index (χ1n) is 8.14. The summed E-state index contributed by atoms with van der Waals surface area (Å²) in [4.78, 5) is 16.7. The molecule has 0 radical (unpaired) electrons. The van der Waals surface area contributed by atoms with Crippen LogP contribution in [0.1, 0.15) is 22.9 Å². The van der Waals surface area contributed by atoms with Gasteiger partial charge in [-0.3, -0.25) is 10.2 Å². The molecule has 26 heavy (non-hydrogen) atoms. The van der Waals surface area contributed by atoms with Crippen LogP contribution < -0.4 is 20.7 Å². The minimum Gasteiger partial charge on any atom is -0.454 e. The molecular weight excluding hydrogens is 350 g/mol. The molecule has 7 heteroatoms. The van der Waals surface area contributed by atoms with Gasteiger partial charge in [-0.1, -0.05) is 36.4 Å². The van der Waals surface area contributed by atoms with E-state index in [-0.39, 0.29) is 25.0 Å². The molecule has 3 aromatic rings. The summed E-state index contributed by atoms with van der Waals surface area (Å²) in [6.45, 7) is 0.210. The predicted molar refractivity (Wildman–Crippen MR) is 98.9 cm³/mol. The smallest absolute Gasteiger partial charge is 0.234 e. The van der Waals surface area contributed by atoms with Gasteiger partial charge in [-0.05, 0) is 17.7 Å². The van der Waals surface area contributed by atoms with Crippen LogP contribution in [0.5, 0.6) is 11.5 Å². The van der Waals surface area contributed by atoms with Gasteiger partial charge in [0.05, 0.1) is 5.69 Å². The first-order valence-corrected chi connectivity index (χ1v) is 9.02. The third-order valence-electron chi connectivity index (χ3n) is 4.24. The zero-order valence-corrected chi connectivity index (χ0v) is 14.7. The Morgan fingerprint density at radius 2 is 2.00 bits per heavy atom. The largest absolute Gasteiger partial charge is 0.454 e. The zero-order valence-electron chi connectivity index (χ0n) is 13.8. The van der Waals surface area contributed by atoms with Crippen molar-refractivity contribution in [2.75, 3.05) is 6.79 Å². The second kappa shape index (κ2) is 7.15. The van der Waals surface area contributed by atoms with E-state index >= 15 is 0 Å². The molecule has 2 aromatic carbocycles. The van der Waals surface area contributed by atoms with E-state index in [1.807, 2.05) is 53.9 Å². The zero-order chi connectivity index (χ0) is 17.9. The van der Waals surface area contributed by atoms with E-state index in [1.165, 1.54) is 11.3 Å². The molecule has 0 saturated heterocycles. The summed E-state index contributed by atoms with van der Waals surface area (Å²) in [5, 5.41) is 2.86. The molecule has 3 N–H and O–H groups in total. The molecule has 132 valence electrons. The molecule has 4 rings (SSSR count). The molecule has 1 aliphatic rings. The van der Waals surface area contributed by atoms with Gasteiger partial charge in [-0.25, -0.2) is 10.8 Å². The molecule has 1 aliphatic heterocycles. The number of hydrogen-bond acceptors (Lipinski definition) is 6. The van der Waals surface area contributed by atoms with Crippen LogP contribution in [0.3, 0.4) is 0 Å². The fourth-order valence-electron chi connectivity index (χ4n) is 2.91. The van der Waals surface area contributed by atoms with Gasteiger partial charge in [-0.2, -0.15) is 0 Å². The molecule has 2 heterocycles.